The van der Waals surface area contributed by atoms with Crippen molar-refractivity contribution in [1.29, 1.82) is 0 Å². The summed E-state index contributed by atoms with van der Waals surface area (Å²) in [5.74, 6) is 0.629. The minimum absolute atomic E-state index is 0.0400. The Kier molecular flexibility index (Phi) is 7.10. The molecule has 2 amide bonds. The zero-order chi connectivity index (χ0) is 21.7. The zero-order valence-electron chi connectivity index (χ0n) is 17.7. The van der Waals surface area contributed by atoms with E-state index in [2.05, 4.69) is 9.97 Å². The van der Waals surface area contributed by atoms with E-state index in [9.17, 15) is 14.0 Å². The van der Waals surface area contributed by atoms with Gasteiger partial charge in [-0.2, -0.15) is 0 Å². The van der Waals surface area contributed by atoms with Gasteiger partial charge in [0.15, 0.2) is 0 Å². The van der Waals surface area contributed by atoms with Gasteiger partial charge in [0.05, 0.1) is 13.0 Å². The molecule has 2 aromatic rings. The van der Waals surface area contributed by atoms with Crippen LogP contribution in [0.15, 0.2) is 24.3 Å². The van der Waals surface area contributed by atoms with Gasteiger partial charge in [0, 0.05) is 45.0 Å². The molecule has 0 N–H and O–H groups in total. The van der Waals surface area contributed by atoms with Crippen LogP contribution < -0.4 is 4.90 Å². The Morgan fingerprint density at radius 3 is 2.83 bits per heavy atom. The number of nitrogens with zero attached hydrogens (tertiary/aromatic N) is 4. The first kappa shape index (κ1) is 21.8. The van der Waals surface area contributed by atoms with E-state index in [4.69, 9.17) is 4.74 Å². The molecule has 160 valence electrons. The standard InChI is InChI=1S/C22H27FN4O3/c1-15-18-8-9-20(28)27(10-5-11-30-3)22(18)25-19(24-15)14-26(2)21(29)13-16-6-4-7-17(23)12-16/h4,6-7,12H,5,8-11,13-14H2,1-3H3. The summed E-state index contributed by atoms with van der Waals surface area (Å²) in [7, 11) is 3.30. The highest BCUT2D eigenvalue weighted by Gasteiger charge is 2.28. The van der Waals surface area contributed by atoms with Crippen LogP contribution in [0.5, 0.6) is 0 Å². The highest BCUT2D eigenvalue weighted by atomic mass is 19.1. The first-order chi connectivity index (χ1) is 14.4. The van der Waals surface area contributed by atoms with Crippen LogP contribution in [0, 0.1) is 12.7 Å². The molecule has 8 heteroatoms. The fourth-order valence-electron chi connectivity index (χ4n) is 3.56. The van der Waals surface area contributed by atoms with Crippen LogP contribution in [-0.2, 0) is 33.7 Å². The number of likely N-dealkylation sites (N-methyl/N-ethyl adjacent to an activating group) is 1. The summed E-state index contributed by atoms with van der Waals surface area (Å²) in [6.45, 7) is 3.21. The van der Waals surface area contributed by atoms with E-state index in [1.807, 2.05) is 6.92 Å². The maximum Gasteiger partial charge on any atom is 0.228 e. The van der Waals surface area contributed by atoms with Crippen molar-refractivity contribution >= 4 is 17.6 Å². The predicted octanol–water partition coefficient (Wildman–Crippen LogP) is 2.44. The lowest BCUT2D eigenvalue weighted by atomic mass is 10.0. The van der Waals surface area contributed by atoms with Crippen molar-refractivity contribution in [3.8, 4) is 0 Å². The van der Waals surface area contributed by atoms with Crippen LogP contribution >= 0.6 is 0 Å². The number of carbonyl (C=O) groups excluding carboxylic acids is 2. The fraction of sp³-hybridized carbons (Fsp3) is 0.455. The Labute approximate surface area is 175 Å². The minimum atomic E-state index is -0.366. The van der Waals surface area contributed by atoms with Gasteiger partial charge in [-0.25, -0.2) is 14.4 Å². The lowest BCUT2D eigenvalue weighted by Gasteiger charge is -2.29. The van der Waals surface area contributed by atoms with Crippen LogP contribution in [0.25, 0.3) is 0 Å². The van der Waals surface area contributed by atoms with Gasteiger partial charge >= 0.3 is 0 Å². The van der Waals surface area contributed by atoms with Crippen LogP contribution in [-0.4, -0.2) is 54.0 Å². The quantitative estimate of drug-likeness (QED) is 0.620. The number of hydrogen-bond acceptors (Lipinski definition) is 5. The molecular formula is C22H27FN4O3. The van der Waals surface area contributed by atoms with Crippen molar-refractivity contribution < 1.29 is 18.7 Å². The molecule has 7 nitrogen and oxygen atoms in total. The van der Waals surface area contributed by atoms with Gasteiger partial charge in [-0.1, -0.05) is 12.1 Å². The molecule has 0 spiro atoms. The second-order valence-electron chi connectivity index (χ2n) is 7.48. The largest absolute Gasteiger partial charge is 0.385 e. The van der Waals surface area contributed by atoms with E-state index in [1.54, 1.807) is 31.2 Å². The van der Waals surface area contributed by atoms with Crippen LogP contribution in [0.1, 0.15) is 35.5 Å². The number of aryl methyl sites for hydroxylation is 1. The molecule has 1 aliphatic rings. The normalized spacial score (nSPS) is 13.3. The molecule has 30 heavy (non-hydrogen) atoms. The third-order valence-electron chi connectivity index (χ3n) is 5.16. The van der Waals surface area contributed by atoms with E-state index in [1.165, 1.54) is 17.0 Å². The highest BCUT2D eigenvalue weighted by Crippen LogP contribution is 2.28. The minimum Gasteiger partial charge on any atom is -0.385 e. The molecule has 0 unspecified atom stereocenters. The fourth-order valence-corrected chi connectivity index (χ4v) is 3.56. The number of carbonyl (C=O) groups is 2. The molecule has 0 aliphatic carbocycles. The van der Waals surface area contributed by atoms with Crippen LogP contribution in [0.2, 0.25) is 0 Å². The van der Waals surface area contributed by atoms with E-state index in [0.717, 1.165) is 11.3 Å². The van der Waals surface area contributed by atoms with Crippen LogP contribution in [0.4, 0.5) is 10.2 Å². The molecule has 2 heterocycles. The summed E-state index contributed by atoms with van der Waals surface area (Å²) in [4.78, 5) is 37.4. The second-order valence-corrected chi connectivity index (χ2v) is 7.48. The third kappa shape index (κ3) is 5.18. The average molecular weight is 414 g/mol. The molecule has 1 aliphatic heterocycles. The van der Waals surface area contributed by atoms with E-state index in [-0.39, 0.29) is 30.6 Å². The SMILES string of the molecule is COCCCN1C(=O)CCc2c(C)nc(CN(C)C(=O)Cc3cccc(F)c3)nc21. The molecule has 1 aromatic heterocycles. The monoisotopic (exact) mass is 414 g/mol. The van der Waals surface area contributed by atoms with Crippen molar-refractivity contribution in [1.82, 2.24) is 14.9 Å². The number of amides is 2. The molecule has 0 atom stereocenters. The van der Waals surface area contributed by atoms with Crippen LogP contribution in [0.3, 0.4) is 0 Å². The van der Waals surface area contributed by atoms with Gasteiger partial charge in [0.2, 0.25) is 11.8 Å². The summed E-state index contributed by atoms with van der Waals surface area (Å²) in [6, 6.07) is 6.01. The maximum atomic E-state index is 13.4. The lowest BCUT2D eigenvalue weighted by Crippen LogP contribution is -2.38. The lowest BCUT2D eigenvalue weighted by molar-refractivity contribution is -0.129. The number of benzene rings is 1. The summed E-state index contributed by atoms with van der Waals surface area (Å²) in [6.07, 6.45) is 1.87. The van der Waals surface area contributed by atoms with Gasteiger partial charge in [-0.05, 0) is 37.5 Å². The first-order valence-corrected chi connectivity index (χ1v) is 10.0. The molecule has 1 aromatic carbocycles. The maximum absolute atomic E-state index is 13.4. The number of rotatable bonds is 8. The number of halogens is 1. The number of anilines is 1. The Bertz CT molecular complexity index is 935. The average Bonchev–Trinajstić information content (AvgIpc) is 2.69. The summed E-state index contributed by atoms with van der Waals surface area (Å²) < 4.78 is 18.5. The van der Waals surface area contributed by atoms with Gasteiger partial charge in [0.1, 0.15) is 17.5 Å². The molecule has 0 saturated heterocycles. The van der Waals surface area contributed by atoms with Gasteiger partial charge < -0.3 is 9.64 Å². The van der Waals surface area contributed by atoms with E-state index >= 15 is 0 Å². The molecular weight excluding hydrogens is 387 g/mol. The van der Waals surface area contributed by atoms with Gasteiger partial charge in [0.25, 0.3) is 0 Å². The second kappa shape index (κ2) is 9.75. The summed E-state index contributed by atoms with van der Waals surface area (Å²) in [5, 5.41) is 0. The van der Waals surface area contributed by atoms with Gasteiger partial charge in [-0.3, -0.25) is 14.5 Å². The highest BCUT2D eigenvalue weighted by molar-refractivity contribution is 5.95. The van der Waals surface area contributed by atoms with Crippen molar-refractivity contribution in [2.45, 2.75) is 39.2 Å². The zero-order valence-corrected chi connectivity index (χ0v) is 17.7. The Balaban J connectivity index is 1.75. The number of hydrogen-bond donors (Lipinski definition) is 0. The number of fused-ring (bicyclic) bond motifs is 1. The van der Waals surface area contributed by atoms with Crippen molar-refractivity contribution in [2.75, 3.05) is 32.2 Å². The number of ether oxygens (including phenoxy) is 1. The smallest absolute Gasteiger partial charge is 0.228 e. The van der Waals surface area contributed by atoms with E-state index in [0.29, 0.717) is 49.6 Å². The predicted molar refractivity (Wildman–Crippen MR) is 111 cm³/mol. The molecule has 3 rings (SSSR count). The molecule has 0 radical (unpaired) electrons. The topological polar surface area (TPSA) is 75.6 Å². The Morgan fingerprint density at radius 2 is 2.10 bits per heavy atom. The Hall–Kier alpha value is -2.87. The Morgan fingerprint density at radius 1 is 1.30 bits per heavy atom. The number of aromatic nitrogens is 2. The number of methoxy groups -OCH3 is 1. The van der Waals surface area contributed by atoms with Crippen molar-refractivity contribution in [3.05, 3.63) is 52.7 Å². The molecule has 0 bridgehead atoms. The summed E-state index contributed by atoms with van der Waals surface area (Å²) in [5.41, 5.74) is 2.42. The van der Waals surface area contributed by atoms with Crippen molar-refractivity contribution in [2.24, 2.45) is 0 Å². The van der Waals surface area contributed by atoms with E-state index < -0.39 is 0 Å². The van der Waals surface area contributed by atoms with Gasteiger partial charge in [-0.15, -0.1) is 0 Å². The summed E-state index contributed by atoms with van der Waals surface area (Å²) >= 11 is 0. The molecule has 0 fully saturated rings. The van der Waals surface area contributed by atoms with Crippen molar-refractivity contribution in [3.63, 3.8) is 0 Å². The third-order valence-corrected chi connectivity index (χ3v) is 5.16. The first-order valence-electron chi connectivity index (χ1n) is 10.0. The molecule has 0 saturated carbocycles.